The van der Waals surface area contributed by atoms with Crippen molar-refractivity contribution in [2.75, 3.05) is 0 Å². The standard InChI is InChI=1S/C7H11NO2/c1-3-5-6(4-2)10-7(8)9/h1,6H,4-5H2,2H3,(H2,8,9). The maximum atomic E-state index is 10.2. The second-order valence-corrected chi connectivity index (χ2v) is 1.88. The topological polar surface area (TPSA) is 52.3 Å². The van der Waals surface area contributed by atoms with E-state index in [0.29, 0.717) is 12.8 Å². The maximum absolute atomic E-state index is 10.2. The van der Waals surface area contributed by atoms with Gasteiger partial charge < -0.3 is 10.5 Å². The van der Waals surface area contributed by atoms with Gasteiger partial charge in [0.2, 0.25) is 0 Å². The van der Waals surface area contributed by atoms with Crippen LogP contribution in [0.1, 0.15) is 19.8 Å². The normalized spacial score (nSPS) is 11.6. The van der Waals surface area contributed by atoms with Gasteiger partial charge in [0.25, 0.3) is 0 Å². The molecule has 3 heteroatoms. The molecule has 1 unspecified atom stereocenters. The zero-order valence-corrected chi connectivity index (χ0v) is 5.96. The van der Waals surface area contributed by atoms with E-state index in [4.69, 9.17) is 12.2 Å². The SMILES string of the molecule is C#CCC(CC)OC(N)=O. The lowest BCUT2D eigenvalue weighted by atomic mass is 10.2. The molecule has 0 aliphatic rings. The fourth-order valence-electron chi connectivity index (χ4n) is 0.565. The van der Waals surface area contributed by atoms with Gasteiger partial charge in [-0.25, -0.2) is 4.79 Å². The summed E-state index contributed by atoms with van der Waals surface area (Å²) in [6.45, 7) is 1.88. The summed E-state index contributed by atoms with van der Waals surface area (Å²) >= 11 is 0. The number of ether oxygens (including phenoxy) is 1. The van der Waals surface area contributed by atoms with Crippen molar-refractivity contribution in [3.8, 4) is 12.3 Å². The zero-order valence-electron chi connectivity index (χ0n) is 5.96. The molecule has 3 nitrogen and oxygen atoms in total. The van der Waals surface area contributed by atoms with Crippen LogP contribution >= 0.6 is 0 Å². The first-order valence-corrected chi connectivity index (χ1v) is 3.10. The minimum Gasteiger partial charge on any atom is -0.445 e. The number of rotatable bonds is 3. The highest BCUT2D eigenvalue weighted by Crippen LogP contribution is 2.01. The molecule has 0 aromatic heterocycles. The minimum atomic E-state index is -0.762. The van der Waals surface area contributed by atoms with Gasteiger partial charge in [-0.05, 0) is 6.42 Å². The highest BCUT2D eigenvalue weighted by molar-refractivity contribution is 5.64. The molecular formula is C7H11NO2. The Morgan fingerprint density at radius 3 is 2.80 bits per heavy atom. The average molecular weight is 141 g/mol. The number of carbonyl (C=O) groups excluding carboxylic acids is 1. The van der Waals surface area contributed by atoms with Crippen molar-refractivity contribution in [2.24, 2.45) is 5.73 Å². The van der Waals surface area contributed by atoms with Crippen molar-refractivity contribution < 1.29 is 9.53 Å². The number of primary amides is 1. The maximum Gasteiger partial charge on any atom is 0.404 e. The molecule has 0 saturated carbocycles. The molecule has 0 heterocycles. The Kier molecular flexibility index (Phi) is 4.14. The minimum absolute atomic E-state index is 0.220. The molecular weight excluding hydrogens is 130 g/mol. The van der Waals surface area contributed by atoms with Gasteiger partial charge in [0, 0.05) is 6.42 Å². The van der Waals surface area contributed by atoms with Gasteiger partial charge in [0.15, 0.2) is 0 Å². The molecule has 1 atom stereocenters. The number of amides is 1. The van der Waals surface area contributed by atoms with Crippen molar-refractivity contribution in [2.45, 2.75) is 25.9 Å². The highest BCUT2D eigenvalue weighted by atomic mass is 16.6. The third-order valence-electron chi connectivity index (χ3n) is 1.08. The van der Waals surface area contributed by atoms with Crippen LogP contribution in [0.3, 0.4) is 0 Å². The van der Waals surface area contributed by atoms with Gasteiger partial charge in [-0.2, -0.15) is 0 Å². The molecule has 0 spiro atoms. The van der Waals surface area contributed by atoms with E-state index >= 15 is 0 Å². The van der Waals surface area contributed by atoms with Crippen LogP contribution in [-0.2, 0) is 4.74 Å². The molecule has 10 heavy (non-hydrogen) atoms. The smallest absolute Gasteiger partial charge is 0.404 e. The van der Waals surface area contributed by atoms with Gasteiger partial charge in [0.1, 0.15) is 6.10 Å². The summed E-state index contributed by atoms with van der Waals surface area (Å²) in [5.41, 5.74) is 4.77. The zero-order chi connectivity index (χ0) is 7.98. The van der Waals surface area contributed by atoms with E-state index in [1.54, 1.807) is 0 Å². The summed E-state index contributed by atoms with van der Waals surface area (Å²) in [4.78, 5) is 10.2. The summed E-state index contributed by atoms with van der Waals surface area (Å²) in [6, 6.07) is 0. The Bertz CT molecular complexity index is 148. The first-order chi connectivity index (χ1) is 4.70. The van der Waals surface area contributed by atoms with Crippen LogP contribution in [0.2, 0.25) is 0 Å². The lowest BCUT2D eigenvalue weighted by Gasteiger charge is -2.09. The Morgan fingerprint density at radius 1 is 1.90 bits per heavy atom. The summed E-state index contributed by atoms with van der Waals surface area (Å²) in [7, 11) is 0. The first kappa shape index (κ1) is 8.83. The number of hydrogen-bond acceptors (Lipinski definition) is 2. The first-order valence-electron chi connectivity index (χ1n) is 3.10. The van der Waals surface area contributed by atoms with E-state index in [-0.39, 0.29) is 6.10 Å². The Morgan fingerprint density at radius 2 is 2.50 bits per heavy atom. The van der Waals surface area contributed by atoms with E-state index in [9.17, 15) is 4.79 Å². The van der Waals surface area contributed by atoms with Crippen LogP contribution in [0, 0.1) is 12.3 Å². The largest absolute Gasteiger partial charge is 0.445 e. The monoisotopic (exact) mass is 141 g/mol. The van der Waals surface area contributed by atoms with Crippen LogP contribution in [0.4, 0.5) is 4.79 Å². The Balaban J connectivity index is 3.62. The summed E-state index contributed by atoms with van der Waals surface area (Å²) in [6.07, 6.45) is 5.15. The third kappa shape index (κ3) is 3.79. The number of terminal acetylenes is 1. The van der Waals surface area contributed by atoms with Gasteiger partial charge >= 0.3 is 6.09 Å². The van der Waals surface area contributed by atoms with Crippen LogP contribution in [-0.4, -0.2) is 12.2 Å². The Labute approximate surface area is 60.5 Å². The molecule has 1 amide bonds. The second kappa shape index (κ2) is 4.68. The molecule has 2 N–H and O–H groups in total. The van der Waals surface area contributed by atoms with Crippen molar-refractivity contribution in [1.82, 2.24) is 0 Å². The number of hydrogen-bond donors (Lipinski definition) is 1. The molecule has 0 aliphatic carbocycles. The van der Waals surface area contributed by atoms with Crippen LogP contribution in [0.15, 0.2) is 0 Å². The Hall–Kier alpha value is -1.17. The molecule has 0 fully saturated rings. The lowest BCUT2D eigenvalue weighted by Crippen LogP contribution is -2.21. The van der Waals surface area contributed by atoms with Crippen molar-refractivity contribution in [3.63, 3.8) is 0 Å². The lowest BCUT2D eigenvalue weighted by molar-refractivity contribution is 0.107. The van der Waals surface area contributed by atoms with E-state index in [2.05, 4.69) is 10.7 Å². The third-order valence-corrected chi connectivity index (χ3v) is 1.08. The van der Waals surface area contributed by atoms with Crippen molar-refractivity contribution >= 4 is 6.09 Å². The molecule has 0 aromatic carbocycles. The van der Waals surface area contributed by atoms with E-state index in [0.717, 1.165) is 0 Å². The molecule has 0 radical (unpaired) electrons. The fraction of sp³-hybridized carbons (Fsp3) is 0.571. The average Bonchev–Trinajstić information content (AvgIpc) is 1.86. The van der Waals surface area contributed by atoms with Gasteiger partial charge in [-0.1, -0.05) is 6.92 Å². The summed E-state index contributed by atoms with van der Waals surface area (Å²) in [5, 5.41) is 0. The number of carbonyl (C=O) groups is 1. The van der Waals surface area contributed by atoms with Crippen LogP contribution in [0.5, 0.6) is 0 Å². The molecule has 0 bridgehead atoms. The highest BCUT2D eigenvalue weighted by Gasteiger charge is 2.06. The van der Waals surface area contributed by atoms with Gasteiger partial charge in [-0.15, -0.1) is 12.3 Å². The van der Waals surface area contributed by atoms with Crippen molar-refractivity contribution in [1.29, 1.82) is 0 Å². The van der Waals surface area contributed by atoms with Crippen LogP contribution in [0.25, 0.3) is 0 Å². The predicted octanol–water partition coefficient (Wildman–Crippen LogP) is 0.884. The molecule has 0 saturated heterocycles. The quantitative estimate of drug-likeness (QED) is 0.593. The fourth-order valence-corrected chi connectivity index (χ4v) is 0.565. The van der Waals surface area contributed by atoms with E-state index < -0.39 is 6.09 Å². The summed E-state index contributed by atoms with van der Waals surface area (Å²) in [5.74, 6) is 2.39. The van der Waals surface area contributed by atoms with E-state index in [1.165, 1.54) is 0 Å². The van der Waals surface area contributed by atoms with Gasteiger partial charge in [-0.3, -0.25) is 0 Å². The molecule has 0 rings (SSSR count). The van der Waals surface area contributed by atoms with Crippen LogP contribution < -0.4 is 5.73 Å². The molecule has 0 aromatic rings. The molecule has 0 aliphatic heterocycles. The van der Waals surface area contributed by atoms with E-state index in [1.807, 2.05) is 6.92 Å². The van der Waals surface area contributed by atoms with Gasteiger partial charge in [0.05, 0.1) is 0 Å². The van der Waals surface area contributed by atoms with Crippen molar-refractivity contribution in [3.05, 3.63) is 0 Å². The second-order valence-electron chi connectivity index (χ2n) is 1.88. The number of nitrogens with two attached hydrogens (primary N) is 1. The summed E-state index contributed by atoms with van der Waals surface area (Å²) < 4.78 is 4.64. The predicted molar refractivity (Wildman–Crippen MR) is 38.2 cm³/mol. The molecule has 56 valence electrons.